The molecule has 2 N–H and O–H groups in total. The number of ether oxygens (including phenoxy) is 1. The Hall–Kier alpha value is -1.52. The lowest BCUT2D eigenvalue weighted by Gasteiger charge is -2.07. The van der Waals surface area contributed by atoms with Crippen LogP contribution in [-0.4, -0.2) is 16.6 Å². The third-order valence-corrected chi connectivity index (χ3v) is 4.66. The first-order chi connectivity index (χ1) is 10.1. The van der Waals surface area contributed by atoms with E-state index < -0.39 is 10.8 Å². The minimum absolute atomic E-state index is 0.484. The number of benzene rings is 2. The summed E-state index contributed by atoms with van der Waals surface area (Å²) in [6.45, 7) is 0.526. The van der Waals surface area contributed by atoms with Crippen LogP contribution in [0, 0.1) is 0 Å². The van der Waals surface area contributed by atoms with Gasteiger partial charge in [0.1, 0.15) is 5.75 Å². The maximum Gasteiger partial charge on any atom is 0.121 e. The number of nitrogen functional groups attached to an aromatic ring is 1. The van der Waals surface area contributed by atoms with Crippen LogP contribution in [0.3, 0.4) is 0 Å². The predicted octanol–water partition coefficient (Wildman–Crippen LogP) is 3.64. The SMILES string of the molecule is Nc1cccc(OCCCS(=O)Cc2ccccc2Cl)c1. The van der Waals surface area contributed by atoms with Crippen LogP contribution in [0.4, 0.5) is 5.69 Å². The van der Waals surface area contributed by atoms with E-state index in [1.54, 1.807) is 6.07 Å². The van der Waals surface area contributed by atoms with Crippen molar-refractivity contribution in [1.82, 2.24) is 0 Å². The quantitative estimate of drug-likeness (QED) is 0.625. The Bertz CT molecular complexity index is 619. The van der Waals surface area contributed by atoms with Gasteiger partial charge in [-0.1, -0.05) is 35.9 Å². The fourth-order valence-corrected chi connectivity index (χ4v) is 3.34. The lowest BCUT2D eigenvalue weighted by molar-refractivity contribution is 0.318. The van der Waals surface area contributed by atoms with E-state index in [0.717, 1.165) is 17.7 Å². The van der Waals surface area contributed by atoms with Crippen LogP contribution in [0.25, 0.3) is 0 Å². The summed E-state index contributed by atoms with van der Waals surface area (Å²) >= 11 is 6.05. The number of hydrogen-bond donors (Lipinski definition) is 1. The Labute approximate surface area is 132 Å². The van der Waals surface area contributed by atoms with Gasteiger partial charge < -0.3 is 10.5 Å². The average Bonchev–Trinajstić information content (AvgIpc) is 2.46. The summed E-state index contributed by atoms with van der Waals surface area (Å²) in [7, 11) is -0.933. The number of halogens is 1. The number of hydrogen-bond acceptors (Lipinski definition) is 3. The van der Waals surface area contributed by atoms with Gasteiger partial charge in [0.15, 0.2) is 0 Å². The third kappa shape index (κ3) is 5.40. The van der Waals surface area contributed by atoms with Crippen LogP contribution in [0.5, 0.6) is 5.75 Å². The first-order valence-electron chi connectivity index (χ1n) is 6.72. The van der Waals surface area contributed by atoms with Crippen LogP contribution < -0.4 is 10.5 Å². The van der Waals surface area contributed by atoms with Crippen molar-refractivity contribution in [2.24, 2.45) is 0 Å². The molecule has 1 atom stereocenters. The summed E-state index contributed by atoms with van der Waals surface area (Å²) < 4.78 is 17.6. The lowest BCUT2D eigenvalue weighted by Crippen LogP contribution is -2.06. The Morgan fingerprint density at radius 3 is 2.71 bits per heavy atom. The summed E-state index contributed by atoms with van der Waals surface area (Å²) in [5.74, 6) is 1.82. The second kappa shape index (κ2) is 8.05. The van der Waals surface area contributed by atoms with Crippen molar-refractivity contribution in [2.45, 2.75) is 12.2 Å². The molecule has 0 saturated heterocycles. The van der Waals surface area contributed by atoms with E-state index in [1.807, 2.05) is 42.5 Å². The van der Waals surface area contributed by atoms with E-state index in [2.05, 4.69) is 0 Å². The zero-order valence-corrected chi connectivity index (χ0v) is 13.2. The molecule has 0 aliphatic heterocycles. The van der Waals surface area contributed by atoms with Crippen molar-refractivity contribution in [2.75, 3.05) is 18.1 Å². The standard InChI is InChI=1S/C16H18ClNO2S/c17-16-8-2-1-5-13(16)12-21(19)10-4-9-20-15-7-3-6-14(18)11-15/h1-3,5-8,11H,4,9-10,12,18H2. The smallest absolute Gasteiger partial charge is 0.121 e. The van der Waals surface area contributed by atoms with Crippen molar-refractivity contribution in [1.29, 1.82) is 0 Å². The second-order valence-corrected chi connectivity index (χ2v) is 6.64. The van der Waals surface area contributed by atoms with Crippen molar-refractivity contribution in [3.63, 3.8) is 0 Å². The molecule has 0 fully saturated rings. The first kappa shape index (κ1) is 15.9. The highest BCUT2D eigenvalue weighted by Gasteiger charge is 2.05. The van der Waals surface area contributed by atoms with Crippen LogP contribution in [0.15, 0.2) is 48.5 Å². The fraction of sp³-hybridized carbons (Fsp3) is 0.250. The molecule has 1 unspecified atom stereocenters. The van der Waals surface area contributed by atoms with E-state index in [-0.39, 0.29) is 0 Å². The molecule has 21 heavy (non-hydrogen) atoms. The summed E-state index contributed by atoms with van der Waals surface area (Å²) in [6, 6.07) is 14.8. The predicted molar refractivity (Wildman–Crippen MR) is 89.1 cm³/mol. The van der Waals surface area contributed by atoms with Gasteiger partial charge >= 0.3 is 0 Å². The molecule has 2 aromatic carbocycles. The molecule has 0 bridgehead atoms. The average molecular weight is 324 g/mol. The normalized spacial score (nSPS) is 12.0. The van der Waals surface area contributed by atoms with E-state index in [4.69, 9.17) is 22.1 Å². The van der Waals surface area contributed by atoms with Crippen LogP contribution in [-0.2, 0) is 16.6 Å². The highest BCUT2D eigenvalue weighted by Crippen LogP contribution is 2.17. The van der Waals surface area contributed by atoms with E-state index in [0.29, 0.717) is 28.8 Å². The van der Waals surface area contributed by atoms with Gasteiger partial charge in [0, 0.05) is 39.1 Å². The Balaban J connectivity index is 1.71. The van der Waals surface area contributed by atoms with Gasteiger partial charge in [-0.2, -0.15) is 0 Å². The Morgan fingerprint density at radius 2 is 1.95 bits per heavy atom. The molecule has 0 aromatic heterocycles. The van der Waals surface area contributed by atoms with Gasteiger partial charge in [-0.05, 0) is 30.2 Å². The summed E-state index contributed by atoms with van der Waals surface area (Å²) in [5.41, 5.74) is 7.27. The van der Waals surface area contributed by atoms with Crippen molar-refractivity contribution in [3.8, 4) is 5.75 Å². The van der Waals surface area contributed by atoms with Crippen LogP contribution in [0.2, 0.25) is 5.02 Å². The highest BCUT2D eigenvalue weighted by atomic mass is 35.5. The molecule has 2 aromatic rings. The molecule has 112 valence electrons. The molecule has 0 aliphatic carbocycles. The maximum atomic E-state index is 12.0. The molecule has 0 aliphatic rings. The third-order valence-electron chi connectivity index (χ3n) is 2.92. The van der Waals surface area contributed by atoms with Gasteiger partial charge in [0.25, 0.3) is 0 Å². The van der Waals surface area contributed by atoms with E-state index >= 15 is 0 Å². The number of anilines is 1. The van der Waals surface area contributed by atoms with Gasteiger partial charge in [-0.25, -0.2) is 0 Å². The fourth-order valence-electron chi connectivity index (χ4n) is 1.88. The number of nitrogens with two attached hydrogens (primary N) is 1. The van der Waals surface area contributed by atoms with Gasteiger partial charge in [0.2, 0.25) is 0 Å². The lowest BCUT2D eigenvalue weighted by atomic mass is 10.2. The molecule has 2 rings (SSSR count). The van der Waals surface area contributed by atoms with Crippen LogP contribution in [0.1, 0.15) is 12.0 Å². The molecule has 0 saturated carbocycles. The zero-order valence-electron chi connectivity index (χ0n) is 11.6. The van der Waals surface area contributed by atoms with Crippen molar-refractivity contribution in [3.05, 3.63) is 59.1 Å². The molecule has 0 amide bonds. The number of rotatable bonds is 7. The molecular weight excluding hydrogens is 306 g/mol. The van der Waals surface area contributed by atoms with Gasteiger partial charge in [-0.3, -0.25) is 4.21 Å². The summed E-state index contributed by atoms with van der Waals surface area (Å²) in [4.78, 5) is 0. The molecular formula is C16H18ClNO2S. The van der Waals surface area contributed by atoms with E-state index in [9.17, 15) is 4.21 Å². The minimum atomic E-state index is -0.933. The van der Waals surface area contributed by atoms with Crippen molar-refractivity contribution >= 4 is 28.1 Å². The Morgan fingerprint density at radius 1 is 1.14 bits per heavy atom. The van der Waals surface area contributed by atoms with Gasteiger partial charge in [0.05, 0.1) is 6.61 Å². The monoisotopic (exact) mass is 323 g/mol. The van der Waals surface area contributed by atoms with Gasteiger partial charge in [-0.15, -0.1) is 0 Å². The second-order valence-electron chi connectivity index (χ2n) is 4.65. The molecule has 0 radical (unpaired) electrons. The molecule has 3 nitrogen and oxygen atoms in total. The maximum absolute atomic E-state index is 12.0. The van der Waals surface area contributed by atoms with Crippen molar-refractivity contribution < 1.29 is 8.95 Å². The summed E-state index contributed by atoms with van der Waals surface area (Å²) in [5, 5.41) is 0.668. The minimum Gasteiger partial charge on any atom is -0.493 e. The largest absolute Gasteiger partial charge is 0.493 e. The van der Waals surface area contributed by atoms with Crippen LogP contribution >= 0.6 is 11.6 Å². The first-order valence-corrected chi connectivity index (χ1v) is 8.58. The molecule has 0 heterocycles. The summed E-state index contributed by atoms with van der Waals surface area (Å²) in [6.07, 6.45) is 0.728. The molecule has 5 heteroatoms. The zero-order chi connectivity index (χ0) is 15.1. The van der Waals surface area contributed by atoms with E-state index in [1.165, 1.54) is 0 Å². The Kier molecular flexibility index (Phi) is 6.08. The highest BCUT2D eigenvalue weighted by molar-refractivity contribution is 7.84. The topological polar surface area (TPSA) is 52.3 Å². The molecule has 0 spiro atoms.